The number of nitrogens with one attached hydrogen (secondary N) is 3. The maximum atomic E-state index is 12.0. The predicted molar refractivity (Wildman–Crippen MR) is 87.9 cm³/mol. The Bertz CT molecular complexity index is 540. The number of carbonyl (C=O) groups is 2. The van der Waals surface area contributed by atoms with Gasteiger partial charge in [0.15, 0.2) is 0 Å². The molecule has 1 heterocycles. The average molecular weight is 303 g/mol. The van der Waals surface area contributed by atoms with Crippen LogP contribution in [0, 0.1) is 26.7 Å². The van der Waals surface area contributed by atoms with Gasteiger partial charge in [-0.3, -0.25) is 9.59 Å². The van der Waals surface area contributed by atoms with Gasteiger partial charge in [-0.25, -0.2) is 0 Å². The second-order valence-corrected chi connectivity index (χ2v) is 6.08. The van der Waals surface area contributed by atoms with Gasteiger partial charge in [-0.1, -0.05) is 17.7 Å². The maximum Gasteiger partial charge on any atom is 0.243 e. The highest BCUT2D eigenvalue weighted by molar-refractivity contribution is 5.96. The number of rotatable bonds is 4. The molecule has 1 aromatic carbocycles. The highest BCUT2D eigenvalue weighted by Crippen LogP contribution is 2.21. The van der Waals surface area contributed by atoms with Crippen LogP contribution in [0.15, 0.2) is 12.1 Å². The van der Waals surface area contributed by atoms with Crippen molar-refractivity contribution in [3.05, 3.63) is 28.8 Å². The van der Waals surface area contributed by atoms with Crippen molar-refractivity contribution in [3.8, 4) is 0 Å². The third kappa shape index (κ3) is 4.31. The molecule has 1 fully saturated rings. The Morgan fingerprint density at radius 3 is 2.50 bits per heavy atom. The van der Waals surface area contributed by atoms with E-state index in [-0.39, 0.29) is 24.3 Å². The molecular weight excluding hydrogens is 278 g/mol. The van der Waals surface area contributed by atoms with E-state index in [9.17, 15) is 9.59 Å². The molecule has 1 aliphatic rings. The lowest BCUT2D eigenvalue weighted by atomic mass is 9.99. The Morgan fingerprint density at radius 2 is 1.91 bits per heavy atom. The van der Waals surface area contributed by atoms with E-state index in [1.54, 1.807) is 0 Å². The number of piperidine rings is 1. The summed E-state index contributed by atoms with van der Waals surface area (Å²) < 4.78 is 0. The first-order valence-corrected chi connectivity index (χ1v) is 7.83. The Balaban J connectivity index is 1.87. The smallest absolute Gasteiger partial charge is 0.243 e. The molecule has 2 rings (SSSR count). The highest BCUT2D eigenvalue weighted by atomic mass is 16.2. The fourth-order valence-electron chi connectivity index (χ4n) is 2.95. The minimum absolute atomic E-state index is 0.0160. The molecule has 120 valence electrons. The fraction of sp³-hybridized carbons (Fsp3) is 0.529. The molecule has 0 radical (unpaired) electrons. The van der Waals surface area contributed by atoms with Crippen LogP contribution in [0.2, 0.25) is 0 Å². The monoisotopic (exact) mass is 303 g/mol. The third-order valence-corrected chi connectivity index (χ3v) is 4.03. The van der Waals surface area contributed by atoms with Crippen molar-refractivity contribution < 1.29 is 9.59 Å². The molecule has 0 spiro atoms. The molecule has 0 aliphatic carbocycles. The fourth-order valence-corrected chi connectivity index (χ4v) is 2.95. The van der Waals surface area contributed by atoms with Crippen LogP contribution in [0.4, 0.5) is 5.69 Å². The molecule has 5 nitrogen and oxygen atoms in total. The Labute approximate surface area is 131 Å². The van der Waals surface area contributed by atoms with Crippen LogP contribution in [0.25, 0.3) is 0 Å². The molecule has 1 unspecified atom stereocenters. The lowest BCUT2D eigenvalue weighted by molar-refractivity contribution is -0.127. The van der Waals surface area contributed by atoms with Gasteiger partial charge in [0.2, 0.25) is 11.8 Å². The largest absolute Gasteiger partial charge is 0.347 e. The van der Waals surface area contributed by atoms with Crippen LogP contribution in [-0.4, -0.2) is 31.4 Å². The van der Waals surface area contributed by atoms with Gasteiger partial charge >= 0.3 is 0 Å². The van der Waals surface area contributed by atoms with E-state index in [0.29, 0.717) is 6.54 Å². The summed E-state index contributed by atoms with van der Waals surface area (Å²) in [6.45, 7) is 7.66. The van der Waals surface area contributed by atoms with Gasteiger partial charge in [0.25, 0.3) is 0 Å². The standard InChI is InChI=1S/C17H25N3O2/c1-11-7-12(2)16(13(3)8-11)20-15(21)10-19-17(22)14-5-4-6-18-9-14/h7-8,14,18H,4-6,9-10H2,1-3H3,(H,19,22)(H,20,21). The Hall–Kier alpha value is -1.88. The molecular formula is C17H25N3O2. The Morgan fingerprint density at radius 1 is 1.23 bits per heavy atom. The van der Waals surface area contributed by atoms with Gasteiger partial charge in [0.05, 0.1) is 12.5 Å². The number of hydrogen-bond donors (Lipinski definition) is 3. The number of aryl methyl sites for hydroxylation is 3. The van der Waals surface area contributed by atoms with E-state index >= 15 is 0 Å². The zero-order chi connectivity index (χ0) is 16.1. The molecule has 1 saturated heterocycles. The topological polar surface area (TPSA) is 70.2 Å². The summed E-state index contributed by atoms with van der Waals surface area (Å²) in [5.74, 6) is -0.253. The summed E-state index contributed by atoms with van der Waals surface area (Å²) in [6.07, 6.45) is 1.89. The molecule has 1 aliphatic heterocycles. The molecule has 0 aromatic heterocycles. The first-order chi connectivity index (χ1) is 10.5. The second kappa shape index (κ2) is 7.40. The van der Waals surface area contributed by atoms with Crippen LogP contribution in [0.3, 0.4) is 0 Å². The normalized spacial score (nSPS) is 17.9. The summed E-state index contributed by atoms with van der Waals surface area (Å²) >= 11 is 0. The number of anilines is 1. The summed E-state index contributed by atoms with van der Waals surface area (Å²) in [7, 11) is 0. The van der Waals surface area contributed by atoms with E-state index < -0.39 is 0 Å². The van der Waals surface area contributed by atoms with Crippen molar-refractivity contribution >= 4 is 17.5 Å². The van der Waals surface area contributed by atoms with Crippen LogP contribution in [-0.2, 0) is 9.59 Å². The molecule has 1 aromatic rings. The van der Waals surface area contributed by atoms with Crippen LogP contribution < -0.4 is 16.0 Å². The van der Waals surface area contributed by atoms with E-state index in [0.717, 1.165) is 36.2 Å². The van der Waals surface area contributed by atoms with Crippen molar-refractivity contribution in [2.45, 2.75) is 33.6 Å². The maximum absolute atomic E-state index is 12.0. The Kier molecular flexibility index (Phi) is 5.55. The predicted octanol–water partition coefficient (Wildman–Crippen LogP) is 1.67. The molecule has 3 N–H and O–H groups in total. The molecule has 22 heavy (non-hydrogen) atoms. The molecule has 5 heteroatoms. The summed E-state index contributed by atoms with van der Waals surface area (Å²) in [5.41, 5.74) is 4.08. The van der Waals surface area contributed by atoms with E-state index in [4.69, 9.17) is 0 Å². The van der Waals surface area contributed by atoms with Crippen LogP contribution in [0.5, 0.6) is 0 Å². The number of carbonyl (C=O) groups excluding carboxylic acids is 2. The van der Waals surface area contributed by atoms with Gasteiger partial charge in [0, 0.05) is 12.2 Å². The highest BCUT2D eigenvalue weighted by Gasteiger charge is 2.21. The van der Waals surface area contributed by atoms with Crippen molar-refractivity contribution in [2.24, 2.45) is 5.92 Å². The van der Waals surface area contributed by atoms with Crippen molar-refractivity contribution in [2.75, 3.05) is 25.0 Å². The molecule has 0 bridgehead atoms. The summed E-state index contributed by atoms with van der Waals surface area (Å²) in [5, 5.41) is 8.83. The second-order valence-electron chi connectivity index (χ2n) is 6.08. The number of amides is 2. The molecule has 2 amide bonds. The quantitative estimate of drug-likeness (QED) is 0.792. The lowest BCUT2D eigenvalue weighted by Crippen LogP contribution is -2.43. The molecule has 1 atom stereocenters. The first kappa shape index (κ1) is 16.5. The van der Waals surface area contributed by atoms with E-state index in [1.807, 2.05) is 32.9 Å². The number of benzene rings is 1. The van der Waals surface area contributed by atoms with Gasteiger partial charge in [-0.2, -0.15) is 0 Å². The van der Waals surface area contributed by atoms with Gasteiger partial charge in [-0.15, -0.1) is 0 Å². The van der Waals surface area contributed by atoms with Gasteiger partial charge in [0.1, 0.15) is 0 Å². The van der Waals surface area contributed by atoms with Crippen LogP contribution in [0.1, 0.15) is 29.5 Å². The summed E-state index contributed by atoms with van der Waals surface area (Å²) in [6, 6.07) is 4.07. The van der Waals surface area contributed by atoms with Crippen molar-refractivity contribution in [1.29, 1.82) is 0 Å². The lowest BCUT2D eigenvalue weighted by Gasteiger charge is -2.21. The van der Waals surface area contributed by atoms with Crippen molar-refractivity contribution in [3.63, 3.8) is 0 Å². The van der Waals surface area contributed by atoms with Crippen LogP contribution >= 0.6 is 0 Å². The minimum Gasteiger partial charge on any atom is -0.347 e. The van der Waals surface area contributed by atoms with E-state index in [2.05, 4.69) is 16.0 Å². The SMILES string of the molecule is Cc1cc(C)c(NC(=O)CNC(=O)C2CCCNC2)c(C)c1. The zero-order valence-electron chi connectivity index (χ0n) is 13.6. The summed E-state index contributed by atoms with van der Waals surface area (Å²) in [4.78, 5) is 24.1. The minimum atomic E-state index is -0.188. The average Bonchev–Trinajstić information content (AvgIpc) is 2.49. The van der Waals surface area contributed by atoms with Crippen molar-refractivity contribution in [1.82, 2.24) is 10.6 Å². The van der Waals surface area contributed by atoms with Gasteiger partial charge < -0.3 is 16.0 Å². The number of hydrogen-bond acceptors (Lipinski definition) is 3. The van der Waals surface area contributed by atoms with Gasteiger partial charge in [-0.05, 0) is 51.3 Å². The first-order valence-electron chi connectivity index (χ1n) is 7.83. The molecule has 0 saturated carbocycles. The third-order valence-electron chi connectivity index (χ3n) is 4.03. The van der Waals surface area contributed by atoms with E-state index in [1.165, 1.54) is 5.56 Å². The zero-order valence-corrected chi connectivity index (χ0v) is 13.6.